The number of carbonyl (C=O) groups is 1. The topological polar surface area (TPSA) is 71.0 Å². The van der Waals surface area contributed by atoms with Crippen LogP contribution in [0.15, 0.2) is 42.0 Å². The van der Waals surface area contributed by atoms with E-state index in [1.165, 1.54) is 6.20 Å². The lowest BCUT2D eigenvalue weighted by atomic mass is 10.2. The Morgan fingerprint density at radius 2 is 2.17 bits per heavy atom. The summed E-state index contributed by atoms with van der Waals surface area (Å²) in [5.41, 5.74) is 1.88. The van der Waals surface area contributed by atoms with E-state index in [9.17, 15) is 4.79 Å². The van der Waals surface area contributed by atoms with Crippen LogP contribution in [-0.4, -0.2) is 40.0 Å². The van der Waals surface area contributed by atoms with E-state index in [2.05, 4.69) is 25.2 Å². The zero-order valence-electron chi connectivity index (χ0n) is 13.1. The summed E-state index contributed by atoms with van der Waals surface area (Å²) in [6.07, 6.45) is 5.53. The summed E-state index contributed by atoms with van der Waals surface area (Å²) in [7, 11) is 0. The van der Waals surface area contributed by atoms with Gasteiger partial charge in [-0.25, -0.2) is 9.97 Å². The van der Waals surface area contributed by atoms with E-state index < -0.39 is 0 Å². The first-order chi connectivity index (χ1) is 11.8. The van der Waals surface area contributed by atoms with Crippen molar-refractivity contribution in [2.45, 2.75) is 18.9 Å². The fraction of sp³-hybridized carbons (Fsp3) is 0.294. The highest BCUT2D eigenvalue weighted by Gasteiger charge is 2.26. The number of fused-ring (bicyclic) bond motifs is 1. The summed E-state index contributed by atoms with van der Waals surface area (Å²) in [5.74, 6) is -0.181. The first-order valence-corrected chi connectivity index (χ1v) is 8.85. The van der Waals surface area contributed by atoms with Gasteiger partial charge in [0.2, 0.25) is 0 Å². The minimum absolute atomic E-state index is 0.181. The number of aromatic nitrogens is 3. The predicted molar refractivity (Wildman–Crippen MR) is 94.4 cm³/mol. The second-order valence-corrected chi connectivity index (χ2v) is 6.63. The van der Waals surface area contributed by atoms with Gasteiger partial charge in [-0.05, 0) is 25.0 Å². The Kier molecular flexibility index (Phi) is 4.08. The molecule has 1 atom stereocenters. The number of benzene rings is 1. The molecule has 0 saturated carbocycles. The number of hydrogen-bond donors (Lipinski definition) is 1. The fourth-order valence-electron chi connectivity index (χ4n) is 3.03. The number of nitrogens with one attached hydrogen (secondary N) is 1. The number of thiazole rings is 1. The first-order valence-electron chi connectivity index (χ1n) is 7.97. The molecular formula is C17H17N5OS. The molecule has 122 valence electrons. The molecule has 1 aliphatic rings. The van der Waals surface area contributed by atoms with E-state index in [0.29, 0.717) is 12.2 Å². The molecule has 0 aliphatic carbocycles. The highest BCUT2D eigenvalue weighted by Crippen LogP contribution is 2.26. The summed E-state index contributed by atoms with van der Waals surface area (Å²) in [6, 6.07) is 7.83. The van der Waals surface area contributed by atoms with Gasteiger partial charge in [0.1, 0.15) is 5.69 Å². The van der Waals surface area contributed by atoms with Crippen molar-refractivity contribution >= 4 is 33.4 Å². The zero-order chi connectivity index (χ0) is 16.4. The molecule has 1 aliphatic heterocycles. The maximum absolute atomic E-state index is 12.4. The highest BCUT2D eigenvalue weighted by atomic mass is 32.1. The van der Waals surface area contributed by atoms with Crippen LogP contribution in [0.25, 0.3) is 11.0 Å². The third-order valence-electron chi connectivity index (χ3n) is 4.22. The normalized spacial score (nSPS) is 17.3. The molecule has 6 nitrogen and oxygen atoms in total. The Balaban J connectivity index is 1.43. The van der Waals surface area contributed by atoms with Gasteiger partial charge in [-0.2, -0.15) is 0 Å². The lowest BCUT2D eigenvalue weighted by Gasteiger charge is -2.24. The summed E-state index contributed by atoms with van der Waals surface area (Å²) in [4.78, 5) is 27.7. The minimum Gasteiger partial charge on any atom is -0.349 e. The third kappa shape index (κ3) is 2.94. The Bertz CT molecular complexity index is 851. The van der Waals surface area contributed by atoms with Crippen LogP contribution in [0, 0.1) is 0 Å². The van der Waals surface area contributed by atoms with Crippen molar-refractivity contribution < 1.29 is 4.79 Å². The highest BCUT2D eigenvalue weighted by molar-refractivity contribution is 7.13. The number of amides is 1. The van der Waals surface area contributed by atoms with Crippen molar-refractivity contribution in [2.24, 2.45) is 0 Å². The molecule has 3 aromatic rings. The molecule has 24 heavy (non-hydrogen) atoms. The largest absolute Gasteiger partial charge is 0.349 e. The standard InChI is InChI=1S/C17H17N5OS/c23-16(15-11-19-13-5-1-2-6-14(13)21-15)20-10-12-4-3-8-22(12)17-18-7-9-24-17/h1-2,5-7,9,11-12H,3-4,8,10H2,(H,20,23). The van der Waals surface area contributed by atoms with Crippen molar-refractivity contribution in [2.75, 3.05) is 18.0 Å². The van der Waals surface area contributed by atoms with E-state index in [1.807, 2.05) is 35.8 Å². The van der Waals surface area contributed by atoms with Crippen molar-refractivity contribution in [3.63, 3.8) is 0 Å². The number of hydrogen-bond acceptors (Lipinski definition) is 6. The van der Waals surface area contributed by atoms with Crippen LogP contribution in [0.2, 0.25) is 0 Å². The molecule has 1 amide bonds. The van der Waals surface area contributed by atoms with Gasteiger partial charge in [-0.3, -0.25) is 9.78 Å². The quantitative estimate of drug-likeness (QED) is 0.791. The average Bonchev–Trinajstić information content (AvgIpc) is 3.30. The van der Waals surface area contributed by atoms with E-state index in [1.54, 1.807) is 11.3 Å². The molecule has 2 aromatic heterocycles. The van der Waals surface area contributed by atoms with Gasteiger partial charge in [0.15, 0.2) is 5.13 Å². The molecule has 1 N–H and O–H groups in total. The molecular weight excluding hydrogens is 322 g/mol. The summed E-state index contributed by atoms with van der Waals surface area (Å²) in [5, 5.41) is 6.00. The van der Waals surface area contributed by atoms with Crippen LogP contribution in [0.4, 0.5) is 5.13 Å². The van der Waals surface area contributed by atoms with Crippen LogP contribution >= 0.6 is 11.3 Å². The molecule has 1 aromatic carbocycles. The lowest BCUT2D eigenvalue weighted by Crippen LogP contribution is -2.40. The summed E-state index contributed by atoms with van der Waals surface area (Å²) >= 11 is 1.64. The van der Waals surface area contributed by atoms with Crippen molar-refractivity contribution in [3.05, 3.63) is 47.7 Å². The first kappa shape index (κ1) is 15.0. The van der Waals surface area contributed by atoms with Crippen molar-refractivity contribution in [1.29, 1.82) is 0 Å². The fourth-order valence-corrected chi connectivity index (χ4v) is 3.77. The lowest BCUT2D eigenvalue weighted by molar-refractivity contribution is 0.0946. The Morgan fingerprint density at radius 1 is 1.29 bits per heavy atom. The van der Waals surface area contributed by atoms with Gasteiger partial charge < -0.3 is 10.2 Å². The Morgan fingerprint density at radius 3 is 3.00 bits per heavy atom. The number of carbonyl (C=O) groups excluding carboxylic acids is 1. The molecule has 0 radical (unpaired) electrons. The molecule has 1 unspecified atom stereocenters. The van der Waals surface area contributed by atoms with Gasteiger partial charge in [-0.15, -0.1) is 11.3 Å². The summed E-state index contributed by atoms with van der Waals surface area (Å²) < 4.78 is 0. The van der Waals surface area contributed by atoms with Crippen LogP contribution < -0.4 is 10.2 Å². The second-order valence-electron chi connectivity index (χ2n) is 5.76. The van der Waals surface area contributed by atoms with Gasteiger partial charge in [0.05, 0.1) is 17.2 Å². The zero-order valence-corrected chi connectivity index (χ0v) is 13.9. The van der Waals surface area contributed by atoms with Gasteiger partial charge in [0, 0.05) is 30.7 Å². The SMILES string of the molecule is O=C(NCC1CCCN1c1nccs1)c1cnc2ccccc2n1. The Labute approximate surface area is 143 Å². The van der Waals surface area contributed by atoms with E-state index in [-0.39, 0.29) is 11.9 Å². The van der Waals surface area contributed by atoms with Gasteiger partial charge >= 0.3 is 0 Å². The van der Waals surface area contributed by atoms with E-state index in [4.69, 9.17) is 0 Å². The van der Waals surface area contributed by atoms with Crippen molar-refractivity contribution in [1.82, 2.24) is 20.3 Å². The van der Waals surface area contributed by atoms with Crippen LogP contribution in [0.1, 0.15) is 23.3 Å². The maximum atomic E-state index is 12.4. The monoisotopic (exact) mass is 339 g/mol. The average molecular weight is 339 g/mol. The van der Waals surface area contributed by atoms with Gasteiger partial charge in [-0.1, -0.05) is 12.1 Å². The smallest absolute Gasteiger partial charge is 0.271 e. The molecule has 4 rings (SSSR count). The van der Waals surface area contributed by atoms with Crippen molar-refractivity contribution in [3.8, 4) is 0 Å². The van der Waals surface area contributed by atoms with E-state index >= 15 is 0 Å². The minimum atomic E-state index is -0.181. The molecule has 7 heteroatoms. The number of anilines is 1. The van der Waals surface area contributed by atoms with Crippen LogP contribution in [0.3, 0.4) is 0 Å². The molecule has 1 saturated heterocycles. The second kappa shape index (κ2) is 6.52. The van der Waals surface area contributed by atoms with Crippen LogP contribution in [-0.2, 0) is 0 Å². The van der Waals surface area contributed by atoms with Gasteiger partial charge in [0.25, 0.3) is 5.91 Å². The Hall–Kier alpha value is -2.54. The number of rotatable bonds is 4. The summed E-state index contributed by atoms with van der Waals surface area (Å²) in [6.45, 7) is 1.58. The molecule has 1 fully saturated rings. The van der Waals surface area contributed by atoms with E-state index in [0.717, 1.165) is 35.6 Å². The van der Waals surface area contributed by atoms with Crippen LogP contribution in [0.5, 0.6) is 0 Å². The molecule has 0 spiro atoms. The maximum Gasteiger partial charge on any atom is 0.271 e. The predicted octanol–water partition coefficient (Wildman–Crippen LogP) is 2.49. The molecule has 0 bridgehead atoms. The molecule has 3 heterocycles. The number of nitrogens with zero attached hydrogens (tertiary/aromatic N) is 4. The number of para-hydroxylation sites is 2. The third-order valence-corrected chi connectivity index (χ3v) is 5.03.